The zero-order valence-electron chi connectivity index (χ0n) is 15.2. The standard InChI is InChI=1S/C21H22FN3O2/c1-15-4-3-9-25-13-18(24-19(15)25)20(26)23-14-21(7-10-27-11-8-21)16-5-2-6-17(22)12-16/h2-6,9,12-13H,7-8,10-11,14H2,1H3,(H,23,26). The fraction of sp³-hybridized carbons (Fsp3) is 0.333. The maximum Gasteiger partial charge on any atom is 0.271 e. The number of amides is 1. The Morgan fingerprint density at radius 3 is 2.85 bits per heavy atom. The van der Waals surface area contributed by atoms with Crippen molar-refractivity contribution < 1.29 is 13.9 Å². The summed E-state index contributed by atoms with van der Waals surface area (Å²) in [6.45, 7) is 3.58. The van der Waals surface area contributed by atoms with Crippen molar-refractivity contribution in [3.05, 3.63) is 71.4 Å². The maximum absolute atomic E-state index is 13.8. The SMILES string of the molecule is Cc1cccn2cc(C(=O)NCC3(c4cccc(F)c4)CCOCC3)nc12. The van der Waals surface area contributed by atoms with Gasteiger partial charge in [0.15, 0.2) is 0 Å². The molecule has 27 heavy (non-hydrogen) atoms. The summed E-state index contributed by atoms with van der Waals surface area (Å²) in [7, 11) is 0. The van der Waals surface area contributed by atoms with Crippen LogP contribution in [0.4, 0.5) is 4.39 Å². The Bertz CT molecular complexity index is 976. The molecule has 1 fully saturated rings. The van der Waals surface area contributed by atoms with Crippen molar-refractivity contribution in [2.45, 2.75) is 25.2 Å². The summed E-state index contributed by atoms with van der Waals surface area (Å²) < 4.78 is 21.1. The van der Waals surface area contributed by atoms with Crippen LogP contribution in [0.15, 0.2) is 48.8 Å². The number of carbonyl (C=O) groups excluding carboxylic acids is 1. The van der Waals surface area contributed by atoms with E-state index in [4.69, 9.17) is 4.74 Å². The van der Waals surface area contributed by atoms with Crippen molar-refractivity contribution in [3.63, 3.8) is 0 Å². The number of hydrogen-bond acceptors (Lipinski definition) is 3. The van der Waals surface area contributed by atoms with Gasteiger partial charge < -0.3 is 14.5 Å². The Hall–Kier alpha value is -2.73. The van der Waals surface area contributed by atoms with Gasteiger partial charge in [-0.15, -0.1) is 0 Å². The third kappa shape index (κ3) is 3.45. The Morgan fingerprint density at radius 2 is 2.11 bits per heavy atom. The minimum absolute atomic E-state index is 0.222. The first kappa shape index (κ1) is 17.7. The van der Waals surface area contributed by atoms with E-state index in [0.29, 0.717) is 25.5 Å². The van der Waals surface area contributed by atoms with Crippen LogP contribution in [0, 0.1) is 12.7 Å². The molecule has 5 nitrogen and oxygen atoms in total. The van der Waals surface area contributed by atoms with Crippen molar-refractivity contribution in [3.8, 4) is 0 Å². The number of halogens is 1. The molecule has 0 unspecified atom stereocenters. The van der Waals surface area contributed by atoms with Gasteiger partial charge in [0, 0.05) is 37.6 Å². The highest BCUT2D eigenvalue weighted by Gasteiger charge is 2.35. The van der Waals surface area contributed by atoms with Gasteiger partial charge in [0.25, 0.3) is 5.91 Å². The van der Waals surface area contributed by atoms with Crippen molar-refractivity contribution in [1.29, 1.82) is 0 Å². The first-order chi connectivity index (χ1) is 13.1. The van der Waals surface area contributed by atoms with E-state index in [1.807, 2.05) is 35.7 Å². The van der Waals surface area contributed by atoms with Crippen LogP contribution in [0.2, 0.25) is 0 Å². The molecule has 0 saturated carbocycles. The van der Waals surface area contributed by atoms with Gasteiger partial charge in [-0.3, -0.25) is 4.79 Å². The summed E-state index contributed by atoms with van der Waals surface area (Å²) in [5.41, 5.74) is 2.74. The molecular weight excluding hydrogens is 345 g/mol. The number of carbonyl (C=O) groups is 1. The Morgan fingerprint density at radius 1 is 1.30 bits per heavy atom. The summed E-state index contributed by atoms with van der Waals surface area (Å²) >= 11 is 0. The molecular formula is C21H22FN3O2. The molecule has 1 saturated heterocycles. The van der Waals surface area contributed by atoms with Crippen molar-refractivity contribution in [2.75, 3.05) is 19.8 Å². The second-order valence-electron chi connectivity index (χ2n) is 7.13. The quantitative estimate of drug-likeness (QED) is 0.770. The second-order valence-corrected chi connectivity index (χ2v) is 7.13. The summed E-state index contributed by atoms with van der Waals surface area (Å²) in [5.74, 6) is -0.485. The molecule has 2 aromatic heterocycles. The van der Waals surface area contributed by atoms with Crippen molar-refractivity contribution in [2.24, 2.45) is 0 Å². The zero-order valence-corrected chi connectivity index (χ0v) is 15.2. The molecule has 3 aromatic rings. The van der Waals surface area contributed by atoms with E-state index in [0.717, 1.165) is 29.6 Å². The number of hydrogen-bond donors (Lipinski definition) is 1. The predicted octanol–water partition coefficient (Wildman–Crippen LogP) is 3.26. The first-order valence-electron chi connectivity index (χ1n) is 9.14. The molecule has 0 spiro atoms. The molecule has 3 heterocycles. The lowest BCUT2D eigenvalue weighted by molar-refractivity contribution is 0.0486. The zero-order chi connectivity index (χ0) is 18.9. The highest BCUT2D eigenvalue weighted by molar-refractivity contribution is 5.93. The fourth-order valence-corrected chi connectivity index (χ4v) is 3.75. The van der Waals surface area contributed by atoms with Gasteiger partial charge in [-0.1, -0.05) is 18.2 Å². The third-order valence-electron chi connectivity index (χ3n) is 5.38. The van der Waals surface area contributed by atoms with Gasteiger partial charge in [-0.25, -0.2) is 9.37 Å². The summed E-state index contributed by atoms with van der Waals surface area (Å²) in [6, 6.07) is 10.5. The van der Waals surface area contributed by atoms with E-state index in [1.165, 1.54) is 6.07 Å². The molecule has 0 aliphatic carbocycles. The normalized spacial score (nSPS) is 16.4. The van der Waals surface area contributed by atoms with Gasteiger partial charge in [0.05, 0.1) is 0 Å². The number of pyridine rings is 1. The minimum Gasteiger partial charge on any atom is -0.381 e. The molecule has 6 heteroatoms. The predicted molar refractivity (Wildman–Crippen MR) is 100 cm³/mol. The minimum atomic E-state index is -0.328. The molecule has 1 aromatic carbocycles. The molecule has 0 radical (unpaired) electrons. The molecule has 0 bridgehead atoms. The number of benzene rings is 1. The van der Waals surface area contributed by atoms with Gasteiger partial charge in [0.1, 0.15) is 17.2 Å². The molecule has 4 rings (SSSR count). The van der Waals surface area contributed by atoms with Gasteiger partial charge in [-0.05, 0) is 49.1 Å². The Labute approximate surface area is 157 Å². The number of aryl methyl sites for hydroxylation is 1. The highest BCUT2D eigenvalue weighted by atomic mass is 19.1. The van der Waals surface area contributed by atoms with E-state index in [9.17, 15) is 9.18 Å². The highest BCUT2D eigenvalue weighted by Crippen LogP contribution is 2.34. The average Bonchev–Trinajstić information content (AvgIpc) is 3.13. The third-order valence-corrected chi connectivity index (χ3v) is 5.38. The number of fused-ring (bicyclic) bond motifs is 1. The maximum atomic E-state index is 13.8. The van der Waals surface area contributed by atoms with Crippen LogP contribution >= 0.6 is 0 Å². The lowest BCUT2D eigenvalue weighted by Crippen LogP contribution is -2.44. The molecule has 1 aliphatic rings. The second kappa shape index (κ2) is 7.12. The lowest BCUT2D eigenvalue weighted by atomic mass is 9.74. The van der Waals surface area contributed by atoms with Gasteiger partial charge >= 0.3 is 0 Å². The Kier molecular flexibility index (Phi) is 4.66. The van der Waals surface area contributed by atoms with Crippen LogP contribution in [-0.4, -0.2) is 35.1 Å². The number of nitrogens with one attached hydrogen (secondary N) is 1. The smallest absolute Gasteiger partial charge is 0.271 e. The topological polar surface area (TPSA) is 55.6 Å². The van der Waals surface area contributed by atoms with Crippen LogP contribution in [-0.2, 0) is 10.2 Å². The molecule has 1 N–H and O–H groups in total. The van der Waals surface area contributed by atoms with Crippen LogP contribution in [0.5, 0.6) is 0 Å². The van der Waals surface area contributed by atoms with E-state index < -0.39 is 0 Å². The van der Waals surface area contributed by atoms with Crippen molar-refractivity contribution in [1.82, 2.24) is 14.7 Å². The first-order valence-corrected chi connectivity index (χ1v) is 9.14. The summed E-state index contributed by atoms with van der Waals surface area (Å²) in [5, 5.41) is 3.02. The molecule has 1 amide bonds. The van der Waals surface area contributed by atoms with Crippen LogP contribution < -0.4 is 5.32 Å². The monoisotopic (exact) mass is 367 g/mol. The number of ether oxygens (including phenoxy) is 1. The number of aromatic nitrogens is 2. The Balaban J connectivity index is 1.56. The lowest BCUT2D eigenvalue weighted by Gasteiger charge is -2.37. The number of imidazole rings is 1. The van der Waals surface area contributed by atoms with E-state index in [-0.39, 0.29) is 17.1 Å². The van der Waals surface area contributed by atoms with E-state index >= 15 is 0 Å². The number of rotatable bonds is 4. The fourth-order valence-electron chi connectivity index (χ4n) is 3.75. The van der Waals surface area contributed by atoms with Gasteiger partial charge in [0.2, 0.25) is 0 Å². The molecule has 1 aliphatic heterocycles. The summed E-state index contributed by atoms with van der Waals surface area (Å²) in [4.78, 5) is 17.2. The average molecular weight is 367 g/mol. The van der Waals surface area contributed by atoms with E-state index in [1.54, 1.807) is 18.3 Å². The van der Waals surface area contributed by atoms with Crippen LogP contribution in [0.1, 0.15) is 34.5 Å². The largest absolute Gasteiger partial charge is 0.381 e. The van der Waals surface area contributed by atoms with Crippen LogP contribution in [0.3, 0.4) is 0 Å². The summed E-state index contributed by atoms with van der Waals surface area (Å²) in [6.07, 6.45) is 5.08. The van der Waals surface area contributed by atoms with E-state index in [2.05, 4.69) is 10.3 Å². The number of nitrogens with zero attached hydrogens (tertiary/aromatic N) is 2. The molecule has 0 atom stereocenters. The molecule has 140 valence electrons. The van der Waals surface area contributed by atoms with Crippen molar-refractivity contribution >= 4 is 11.6 Å². The van der Waals surface area contributed by atoms with Gasteiger partial charge in [-0.2, -0.15) is 0 Å². The van der Waals surface area contributed by atoms with Crippen LogP contribution in [0.25, 0.3) is 5.65 Å².